The molecule has 39 heavy (non-hydrogen) atoms. The number of nitrogens with zero attached hydrogens (tertiary/aromatic N) is 8. The Morgan fingerprint density at radius 1 is 1.08 bits per heavy atom. The molecular formula is C23H35N9O6S. The number of alkyl carbamates (subject to hydrolysis) is 1. The summed E-state index contributed by atoms with van der Waals surface area (Å²) in [7, 11) is 0. The highest BCUT2D eigenvalue weighted by atomic mass is 32.2. The maximum absolute atomic E-state index is 14.0. The minimum Gasteiger partial charge on any atom is -0.444 e. The number of aliphatic hydroxyl groups excluding tert-OH is 2. The first-order valence-electron chi connectivity index (χ1n) is 12.6. The number of hydrogen-bond acceptors (Lipinski definition) is 11. The smallest absolute Gasteiger partial charge is 0.408 e. The van der Waals surface area contributed by atoms with E-state index in [0.717, 1.165) is 0 Å². The summed E-state index contributed by atoms with van der Waals surface area (Å²) in [5.41, 5.74) is 0.123. The number of nitrogens with one attached hydrogen (secondary N) is 1. The highest BCUT2D eigenvalue weighted by Gasteiger charge is 2.64. The number of rotatable bonds is 10. The second kappa shape index (κ2) is 11.1. The van der Waals surface area contributed by atoms with Gasteiger partial charge in [-0.15, -0.1) is 22.0 Å². The molecule has 0 aliphatic carbocycles. The number of aliphatic hydroxyl groups is 2. The molecule has 2 aliphatic heterocycles. The van der Waals surface area contributed by atoms with E-state index in [9.17, 15) is 24.6 Å². The lowest BCUT2D eigenvalue weighted by molar-refractivity contribution is -0.157. The van der Waals surface area contributed by atoms with Gasteiger partial charge in [0.15, 0.2) is 0 Å². The average Bonchev–Trinajstić information content (AvgIpc) is 3.57. The van der Waals surface area contributed by atoms with Crippen molar-refractivity contribution < 1.29 is 29.3 Å². The molecule has 2 aromatic heterocycles. The second-order valence-corrected chi connectivity index (χ2v) is 12.7. The van der Waals surface area contributed by atoms with Gasteiger partial charge >= 0.3 is 6.09 Å². The van der Waals surface area contributed by atoms with Crippen molar-refractivity contribution >= 4 is 29.7 Å². The number of carbonyl (C=O) groups excluding carboxylic acids is 3. The van der Waals surface area contributed by atoms with Crippen LogP contribution in [0.25, 0.3) is 0 Å². The Balaban J connectivity index is 1.49. The lowest BCUT2D eigenvalue weighted by Gasteiger charge is -2.45. The summed E-state index contributed by atoms with van der Waals surface area (Å²) >= 11 is 1.46. The van der Waals surface area contributed by atoms with E-state index in [1.807, 2.05) is 13.8 Å². The van der Waals surface area contributed by atoms with Crippen LogP contribution in [-0.2, 0) is 40.6 Å². The predicted octanol–water partition coefficient (Wildman–Crippen LogP) is -0.661. The summed E-state index contributed by atoms with van der Waals surface area (Å²) in [5.74, 6) is -0.584. The molecule has 214 valence electrons. The first-order valence-corrected chi connectivity index (χ1v) is 13.5. The molecule has 0 aromatic carbocycles. The highest BCUT2D eigenvalue weighted by Crippen LogP contribution is 2.51. The number of aromatic nitrogens is 6. The Labute approximate surface area is 229 Å². The summed E-state index contributed by atoms with van der Waals surface area (Å²) in [6.45, 7) is 9.71. The minimum atomic E-state index is -0.783. The first kappa shape index (κ1) is 28.8. The van der Waals surface area contributed by atoms with E-state index in [2.05, 4.69) is 25.9 Å². The zero-order chi connectivity index (χ0) is 28.5. The van der Waals surface area contributed by atoms with Gasteiger partial charge in [-0.1, -0.05) is 10.4 Å². The fraction of sp³-hybridized carbons (Fsp3) is 0.696. The van der Waals surface area contributed by atoms with Crippen LogP contribution in [0.4, 0.5) is 4.79 Å². The van der Waals surface area contributed by atoms with E-state index >= 15 is 0 Å². The molecule has 3 amide bonds. The van der Waals surface area contributed by atoms with Crippen molar-refractivity contribution in [1.29, 1.82) is 0 Å². The predicted molar refractivity (Wildman–Crippen MR) is 138 cm³/mol. The van der Waals surface area contributed by atoms with Crippen LogP contribution in [-0.4, -0.2) is 109 Å². The molecule has 3 N–H and O–H groups in total. The van der Waals surface area contributed by atoms with Crippen molar-refractivity contribution in [2.75, 3.05) is 13.1 Å². The topological polar surface area (TPSA) is 181 Å². The fourth-order valence-electron chi connectivity index (χ4n) is 4.57. The summed E-state index contributed by atoms with van der Waals surface area (Å²) < 4.78 is 7.76. The van der Waals surface area contributed by atoms with Gasteiger partial charge in [0.05, 0.1) is 38.7 Å². The van der Waals surface area contributed by atoms with E-state index in [0.29, 0.717) is 24.5 Å². The lowest BCUT2D eigenvalue weighted by Crippen LogP contribution is -2.71. The SMILES string of the molecule is CC(C)(C)OC(=O)N[C@@H]1C(=O)N2C1SC(C)(C)[C@@H]2C(=O)N(CCn1cc(CO)nn1)CCn1cc(CO)nn1. The summed E-state index contributed by atoms with van der Waals surface area (Å²) in [5, 5.41) is 36.5. The third-order valence-electron chi connectivity index (χ3n) is 6.35. The van der Waals surface area contributed by atoms with Crippen molar-refractivity contribution in [2.24, 2.45) is 0 Å². The molecule has 1 unspecified atom stereocenters. The Bertz CT molecular complexity index is 1160. The van der Waals surface area contributed by atoms with Gasteiger partial charge in [0.25, 0.3) is 0 Å². The first-order chi connectivity index (χ1) is 18.3. The number of amides is 3. The van der Waals surface area contributed by atoms with Gasteiger partial charge in [-0.2, -0.15) is 0 Å². The number of fused-ring (bicyclic) bond motifs is 1. The van der Waals surface area contributed by atoms with E-state index in [4.69, 9.17) is 4.74 Å². The van der Waals surface area contributed by atoms with Crippen LogP contribution in [0.2, 0.25) is 0 Å². The van der Waals surface area contributed by atoms with Crippen molar-refractivity contribution in [1.82, 2.24) is 45.1 Å². The average molecular weight is 566 g/mol. The zero-order valence-electron chi connectivity index (χ0n) is 22.6. The van der Waals surface area contributed by atoms with Crippen LogP contribution < -0.4 is 5.32 Å². The largest absolute Gasteiger partial charge is 0.444 e. The molecule has 15 nitrogen and oxygen atoms in total. The zero-order valence-corrected chi connectivity index (χ0v) is 23.5. The Kier molecular flexibility index (Phi) is 8.18. The van der Waals surface area contributed by atoms with Crippen LogP contribution in [0.15, 0.2) is 12.4 Å². The van der Waals surface area contributed by atoms with Gasteiger partial charge in [-0.25, -0.2) is 4.79 Å². The molecule has 0 saturated carbocycles. The van der Waals surface area contributed by atoms with Crippen molar-refractivity contribution in [3.8, 4) is 0 Å². The molecule has 0 radical (unpaired) electrons. The van der Waals surface area contributed by atoms with Gasteiger partial charge in [0, 0.05) is 17.8 Å². The van der Waals surface area contributed by atoms with Crippen molar-refractivity contribution in [2.45, 2.75) is 88.7 Å². The maximum atomic E-state index is 14.0. The van der Waals surface area contributed by atoms with Crippen LogP contribution in [0, 0.1) is 0 Å². The summed E-state index contributed by atoms with van der Waals surface area (Å²) in [6.07, 6.45) is 2.52. The quantitative estimate of drug-likeness (QED) is 0.311. The number of β-lactam (4-membered cyclic amide) rings is 1. The molecule has 0 spiro atoms. The molecule has 2 saturated heterocycles. The monoisotopic (exact) mass is 565 g/mol. The fourth-order valence-corrected chi connectivity index (χ4v) is 6.20. The van der Waals surface area contributed by atoms with Crippen LogP contribution in [0.5, 0.6) is 0 Å². The number of hydrogen-bond donors (Lipinski definition) is 3. The molecule has 2 aromatic rings. The van der Waals surface area contributed by atoms with Gasteiger partial charge in [-0.05, 0) is 34.6 Å². The number of thioether (sulfide) groups is 1. The van der Waals surface area contributed by atoms with Gasteiger partial charge < -0.3 is 30.1 Å². The normalized spacial score (nSPS) is 21.9. The van der Waals surface area contributed by atoms with E-state index < -0.39 is 33.9 Å². The molecule has 3 atom stereocenters. The van der Waals surface area contributed by atoms with Gasteiger partial charge in [-0.3, -0.25) is 19.0 Å². The van der Waals surface area contributed by atoms with Crippen LogP contribution in [0.1, 0.15) is 46.0 Å². The van der Waals surface area contributed by atoms with E-state index in [1.54, 1.807) is 43.0 Å². The van der Waals surface area contributed by atoms with Gasteiger partial charge in [0.1, 0.15) is 34.4 Å². The molecular weight excluding hydrogens is 530 g/mol. The number of carbonyl (C=O) groups is 3. The lowest BCUT2D eigenvalue weighted by atomic mass is 9.94. The van der Waals surface area contributed by atoms with E-state index in [-0.39, 0.29) is 38.1 Å². The molecule has 4 heterocycles. The number of ether oxygens (including phenoxy) is 1. The van der Waals surface area contributed by atoms with Gasteiger partial charge in [0.2, 0.25) is 11.8 Å². The Hall–Kier alpha value is -3.24. The van der Waals surface area contributed by atoms with Crippen LogP contribution >= 0.6 is 11.8 Å². The third-order valence-corrected chi connectivity index (χ3v) is 7.92. The minimum absolute atomic E-state index is 0.243. The van der Waals surface area contributed by atoms with Crippen molar-refractivity contribution in [3.05, 3.63) is 23.8 Å². The molecule has 2 fully saturated rings. The van der Waals surface area contributed by atoms with Crippen LogP contribution in [0.3, 0.4) is 0 Å². The maximum Gasteiger partial charge on any atom is 0.408 e. The second-order valence-electron chi connectivity index (χ2n) is 11.0. The standard InChI is InChI=1S/C23H35N9O6S/c1-22(2,3)38-21(37)24-16-18(35)32-17(23(4,5)39-20(16)32)19(36)29(6-8-30-10-14(12-33)25-27-30)7-9-31-11-15(13-34)26-28-31/h10-11,16-17,20,33-34H,6-9,12-13H2,1-5H3,(H,24,37)/t16-,17+,20?/m1/s1. The summed E-state index contributed by atoms with van der Waals surface area (Å²) in [6, 6.07) is -1.54. The molecule has 2 aliphatic rings. The molecule has 0 bridgehead atoms. The Morgan fingerprint density at radius 2 is 1.62 bits per heavy atom. The third kappa shape index (κ3) is 6.33. The molecule has 4 rings (SSSR count). The Morgan fingerprint density at radius 3 is 2.08 bits per heavy atom. The van der Waals surface area contributed by atoms with Crippen molar-refractivity contribution in [3.63, 3.8) is 0 Å². The van der Waals surface area contributed by atoms with E-state index in [1.165, 1.54) is 21.1 Å². The highest BCUT2D eigenvalue weighted by molar-refractivity contribution is 8.01. The molecule has 16 heteroatoms. The summed E-state index contributed by atoms with van der Waals surface area (Å²) in [4.78, 5) is 42.7.